The minimum atomic E-state index is -3.79. The van der Waals surface area contributed by atoms with Crippen LogP contribution >= 0.6 is 34.5 Å². The number of rotatable bonds is 5. The number of hydrogen-bond acceptors (Lipinski definition) is 5. The van der Waals surface area contributed by atoms with Gasteiger partial charge in [0.1, 0.15) is 4.90 Å². The molecule has 5 nitrogen and oxygen atoms in total. The fraction of sp³-hybridized carbons (Fsp3) is 0.182. The highest BCUT2D eigenvalue weighted by Gasteiger charge is 2.21. The van der Waals surface area contributed by atoms with Crippen molar-refractivity contribution in [3.63, 3.8) is 0 Å². The zero-order valence-corrected chi connectivity index (χ0v) is 13.3. The second kappa shape index (κ2) is 6.28. The van der Waals surface area contributed by atoms with Crippen LogP contribution in [0.25, 0.3) is 0 Å². The number of hydrogen-bond donors (Lipinski definition) is 2. The van der Waals surface area contributed by atoms with Gasteiger partial charge in [-0.2, -0.15) is 0 Å². The van der Waals surface area contributed by atoms with Crippen LogP contribution in [0.4, 0.5) is 5.69 Å². The van der Waals surface area contributed by atoms with Gasteiger partial charge in [-0.1, -0.05) is 23.2 Å². The van der Waals surface area contributed by atoms with E-state index in [0.29, 0.717) is 12.1 Å². The van der Waals surface area contributed by atoms with Gasteiger partial charge >= 0.3 is 0 Å². The lowest BCUT2D eigenvalue weighted by atomic mass is 10.3. The second-order valence-electron chi connectivity index (χ2n) is 3.94. The van der Waals surface area contributed by atoms with Gasteiger partial charge in [-0.05, 0) is 12.1 Å². The number of anilines is 1. The molecule has 2 aromatic rings. The lowest BCUT2D eigenvalue weighted by molar-refractivity contribution is 0.581. The molecule has 108 valence electrons. The predicted octanol–water partition coefficient (Wildman–Crippen LogP) is 2.55. The number of aromatic nitrogens is 1. The van der Waals surface area contributed by atoms with Crippen molar-refractivity contribution in [2.75, 3.05) is 12.3 Å². The predicted molar refractivity (Wildman–Crippen MR) is 81.9 cm³/mol. The molecule has 1 aromatic carbocycles. The monoisotopic (exact) mass is 351 g/mol. The normalized spacial score (nSPS) is 11.7. The molecule has 0 spiro atoms. The summed E-state index contributed by atoms with van der Waals surface area (Å²) in [7, 11) is -3.79. The van der Waals surface area contributed by atoms with Crippen LogP contribution in [0.5, 0.6) is 0 Å². The van der Waals surface area contributed by atoms with E-state index in [4.69, 9.17) is 28.9 Å². The summed E-state index contributed by atoms with van der Waals surface area (Å²) in [6.45, 7) is 0.211. The van der Waals surface area contributed by atoms with Gasteiger partial charge in [-0.25, -0.2) is 18.1 Å². The summed E-state index contributed by atoms with van der Waals surface area (Å²) in [6.07, 6.45) is 0.493. The maximum absolute atomic E-state index is 12.2. The van der Waals surface area contributed by atoms with E-state index in [1.165, 1.54) is 23.5 Å². The highest BCUT2D eigenvalue weighted by molar-refractivity contribution is 7.89. The van der Waals surface area contributed by atoms with E-state index in [-0.39, 0.29) is 21.5 Å². The molecule has 1 aromatic heterocycles. The molecule has 0 fully saturated rings. The fourth-order valence-electron chi connectivity index (χ4n) is 1.58. The van der Waals surface area contributed by atoms with Gasteiger partial charge in [0, 0.05) is 24.0 Å². The Morgan fingerprint density at radius 3 is 2.50 bits per heavy atom. The van der Waals surface area contributed by atoms with Crippen molar-refractivity contribution in [1.82, 2.24) is 9.71 Å². The van der Waals surface area contributed by atoms with Crippen molar-refractivity contribution in [3.05, 3.63) is 38.8 Å². The van der Waals surface area contributed by atoms with Crippen molar-refractivity contribution in [3.8, 4) is 0 Å². The van der Waals surface area contributed by atoms with E-state index in [1.807, 2.05) is 5.38 Å². The van der Waals surface area contributed by atoms with Crippen molar-refractivity contribution in [2.24, 2.45) is 0 Å². The van der Waals surface area contributed by atoms with Crippen molar-refractivity contribution >= 4 is 50.2 Å². The molecule has 0 saturated heterocycles. The van der Waals surface area contributed by atoms with Crippen LogP contribution in [-0.2, 0) is 16.4 Å². The maximum Gasteiger partial charge on any atom is 0.243 e. The zero-order valence-electron chi connectivity index (χ0n) is 10.1. The Morgan fingerprint density at radius 1 is 1.30 bits per heavy atom. The summed E-state index contributed by atoms with van der Waals surface area (Å²) in [5, 5.41) is 1.85. The molecular weight excluding hydrogens is 341 g/mol. The lowest BCUT2D eigenvalue weighted by Gasteiger charge is -2.10. The summed E-state index contributed by atoms with van der Waals surface area (Å²) in [5.74, 6) is 0. The summed E-state index contributed by atoms with van der Waals surface area (Å²) in [4.78, 5) is 3.91. The number of thiazole rings is 1. The molecule has 0 bridgehead atoms. The number of halogens is 2. The van der Waals surface area contributed by atoms with Crippen LogP contribution in [0.1, 0.15) is 5.69 Å². The third-order valence-corrected chi connectivity index (χ3v) is 5.46. The largest absolute Gasteiger partial charge is 0.399 e. The van der Waals surface area contributed by atoms with Gasteiger partial charge in [0.25, 0.3) is 0 Å². The van der Waals surface area contributed by atoms with E-state index in [9.17, 15) is 8.42 Å². The molecule has 0 saturated carbocycles. The van der Waals surface area contributed by atoms with Gasteiger partial charge in [0.15, 0.2) is 0 Å². The molecule has 0 radical (unpaired) electrons. The third-order valence-electron chi connectivity index (χ3n) is 2.45. The van der Waals surface area contributed by atoms with Crippen LogP contribution in [-0.4, -0.2) is 19.9 Å². The smallest absolute Gasteiger partial charge is 0.243 e. The molecule has 1 heterocycles. The number of sulfonamides is 1. The van der Waals surface area contributed by atoms with E-state index in [2.05, 4.69) is 9.71 Å². The van der Waals surface area contributed by atoms with Gasteiger partial charge < -0.3 is 5.73 Å². The molecule has 2 rings (SSSR count). The molecule has 0 aliphatic heterocycles. The Hall–Kier alpha value is -0.860. The minimum Gasteiger partial charge on any atom is -0.399 e. The first kappa shape index (κ1) is 15.5. The van der Waals surface area contributed by atoms with Gasteiger partial charge in [-0.15, -0.1) is 11.3 Å². The van der Waals surface area contributed by atoms with Crippen LogP contribution in [0.2, 0.25) is 10.0 Å². The quantitative estimate of drug-likeness (QED) is 0.810. The number of benzene rings is 1. The average Bonchev–Trinajstić information content (AvgIpc) is 2.79. The Kier molecular flexibility index (Phi) is 4.87. The summed E-state index contributed by atoms with van der Waals surface area (Å²) in [5.41, 5.74) is 8.37. The lowest BCUT2D eigenvalue weighted by Crippen LogP contribution is -2.26. The Labute approximate surface area is 130 Å². The molecule has 3 N–H and O–H groups in total. The number of nitrogen functional groups attached to an aromatic ring is 1. The highest BCUT2D eigenvalue weighted by atomic mass is 35.5. The number of nitrogens with zero attached hydrogens (tertiary/aromatic N) is 1. The fourth-order valence-corrected chi connectivity index (χ4v) is 4.44. The van der Waals surface area contributed by atoms with E-state index in [1.54, 1.807) is 5.51 Å². The highest BCUT2D eigenvalue weighted by Crippen LogP contribution is 2.31. The Balaban J connectivity index is 2.14. The van der Waals surface area contributed by atoms with Crippen LogP contribution in [0.3, 0.4) is 0 Å². The number of nitrogens with one attached hydrogen (secondary N) is 1. The topological polar surface area (TPSA) is 85.1 Å². The Morgan fingerprint density at radius 2 is 1.95 bits per heavy atom. The van der Waals surface area contributed by atoms with Gasteiger partial charge in [0.2, 0.25) is 10.0 Å². The van der Waals surface area contributed by atoms with Crippen LogP contribution in [0, 0.1) is 0 Å². The van der Waals surface area contributed by atoms with Crippen molar-refractivity contribution < 1.29 is 8.42 Å². The first-order chi connectivity index (χ1) is 9.40. The average molecular weight is 352 g/mol. The van der Waals surface area contributed by atoms with E-state index >= 15 is 0 Å². The van der Waals surface area contributed by atoms with Gasteiger partial charge in [-0.3, -0.25) is 0 Å². The summed E-state index contributed by atoms with van der Waals surface area (Å²) in [6, 6.07) is 2.70. The standard InChI is InChI=1S/C11H11Cl2N3O2S2/c12-9-3-7(14)4-10(13)11(9)20(17,18)16-2-1-8-5-19-6-15-8/h3-6,16H,1-2,14H2. The second-order valence-corrected chi connectivity index (χ2v) is 7.18. The van der Waals surface area contributed by atoms with Crippen LogP contribution < -0.4 is 10.5 Å². The molecule has 0 aliphatic rings. The Bertz CT molecular complexity index is 679. The van der Waals surface area contributed by atoms with E-state index < -0.39 is 10.0 Å². The molecule has 20 heavy (non-hydrogen) atoms. The molecule has 0 aliphatic carbocycles. The molecule has 0 atom stereocenters. The molecule has 9 heteroatoms. The van der Waals surface area contributed by atoms with Crippen molar-refractivity contribution in [1.29, 1.82) is 0 Å². The summed E-state index contributed by atoms with van der Waals surface area (Å²) < 4.78 is 26.8. The SMILES string of the molecule is Nc1cc(Cl)c(S(=O)(=O)NCCc2cscn2)c(Cl)c1. The third kappa shape index (κ3) is 3.62. The van der Waals surface area contributed by atoms with Crippen molar-refractivity contribution in [2.45, 2.75) is 11.3 Å². The minimum absolute atomic E-state index is 0.00356. The first-order valence-electron chi connectivity index (χ1n) is 5.51. The molecule has 0 unspecified atom stereocenters. The van der Waals surface area contributed by atoms with Crippen LogP contribution in [0.15, 0.2) is 27.9 Å². The molecule has 0 amide bonds. The molecular formula is C11H11Cl2N3O2S2. The number of nitrogens with two attached hydrogens (primary N) is 1. The first-order valence-corrected chi connectivity index (χ1v) is 8.69. The van der Waals surface area contributed by atoms with Gasteiger partial charge in [0.05, 0.1) is 21.2 Å². The summed E-state index contributed by atoms with van der Waals surface area (Å²) >= 11 is 13.3. The zero-order chi connectivity index (χ0) is 14.8. The van der Waals surface area contributed by atoms with E-state index in [0.717, 1.165) is 5.69 Å². The maximum atomic E-state index is 12.2.